The van der Waals surface area contributed by atoms with Crippen molar-refractivity contribution in [1.29, 1.82) is 0 Å². The predicted molar refractivity (Wildman–Crippen MR) is 69.6 cm³/mol. The lowest BCUT2D eigenvalue weighted by molar-refractivity contribution is 0.0600. The highest BCUT2D eigenvalue weighted by Gasteiger charge is 2.08. The van der Waals surface area contributed by atoms with Crippen LogP contribution >= 0.6 is 0 Å². The van der Waals surface area contributed by atoms with Gasteiger partial charge in [-0.1, -0.05) is 19.8 Å². The molecule has 18 heavy (non-hydrogen) atoms. The Labute approximate surface area is 107 Å². The lowest BCUT2D eigenvalue weighted by Crippen LogP contribution is -2.24. The van der Waals surface area contributed by atoms with E-state index in [0.717, 1.165) is 19.3 Å². The van der Waals surface area contributed by atoms with Crippen LogP contribution in [-0.2, 0) is 4.74 Å². The molecule has 1 aromatic rings. The first-order valence-corrected chi connectivity index (χ1v) is 6.15. The van der Waals surface area contributed by atoms with Gasteiger partial charge in [0.1, 0.15) is 0 Å². The van der Waals surface area contributed by atoms with Gasteiger partial charge in [-0.05, 0) is 30.7 Å². The smallest absolute Gasteiger partial charge is 0.337 e. The Balaban J connectivity index is 2.51. The van der Waals surface area contributed by atoms with Gasteiger partial charge in [0.25, 0.3) is 5.91 Å². The molecule has 0 spiro atoms. The minimum atomic E-state index is -0.398. The topological polar surface area (TPSA) is 55.4 Å². The molecule has 0 bridgehead atoms. The third-order valence-corrected chi connectivity index (χ3v) is 2.63. The molecule has 1 N–H and O–H groups in total. The van der Waals surface area contributed by atoms with E-state index in [1.807, 2.05) is 0 Å². The van der Waals surface area contributed by atoms with E-state index in [2.05, 4.69) is 17.0 Å². The fourth-order valence-electron chi connectivity index (χ4n) is 1.55. The van der Waals surface area contributed by atoms with Gasteiger partial charge in [0, 0.05) is 12.1 Å². The van der Waals surface area contributed by atoms with E-state index in [1.165, 1.54) is 7.11 Å². The van der Waals surface area contributed by atoms with Gasteiger partial charge in [-0.3, -0.25) is 4.79 Å². The number of carbonyl (C=O) groups is 2. The van der Waals surface area contributed by atoms with Crippen LogP contribution in [-0.4, -0.2) is 25.5 Å². The molecule has 0 atom stereocenters. The summed E-state index contributed by atoms with van der Waals surface area (Å²) in [5, 5.41) is 2.84. The van der Waals surface area contributed by atoms with Crippen LogP contribution in [0.2, 0.25) is 0 Å². The summed E-state index contributed by atoms with van der Waals surface area (Å²) in [5.74, 6) is -0.507. The van der Waals surface area contributed by atoms with Crippen LogP contribution in [0, 0.1) is 0 Å². The molecule has 4 heteroatoms. The predicted octanol–water partition coefficient (Wildman–Crippen LogP) is 2.39. The standard InChI is InChI=1S/C14H19NO3/c1-3-4-5-10-15-13(16)11-6-8-12(9-7-11)14(17)18-2/h6-9H,3-5,10H2,1-2H3,(H,15,16). The maximum absolute atomic E-state index is 11.7. The van der Waals surface area contributed by atoms with Crippen LogP contribution in [0.1, 0.15) is 46.9 Å². The second kappa shape index (κ2) is 7.48. The number of carbonyl (C=O) groups excluding carboxylic acids is 2. The van der Waals surface area contributed by atoms with Crippen LogP contribution in [0.25, 0.3) is 0 Å². The Kier molecular flexibility index (Phi) is 5.91. The number of unbranched alkanes of at least 4 members (excludes halogenated alkanes) is 2. The van der Waals surface area contributed by atoms with E-state index in [1.54, 1.807) is 24.3 Å². The zero-order valence-electron chi connectivity index (χ0n) is 10.9. The first-order chi connectivity index (χ1) is 8.69. The molecule has 4 nitrogen and oxygen atoms in total. The lowest BCUT2D eigenvalue weighted by Gasteiger charge is -2.05. The van der Waals surface area contributed by atoms with E-state index in [4.69, 9.17) is 0 Å². The quantitative estimate of drug-likeness (QED) is 0.622. The molecule has 0 aromatic heterocycles. The van der Waals surface area contributed by atoms with Gasteiger partial charge < -0.3 is 10.1 Å². The van der Waals surface area contributed by atoms with Gasteiger partial charge >= 0.3 is 5.97 Å². The summed E-state index contributed by atoms with van der Waals surface area (Å²) < 4.78 is 4.59. The summed E-state index contributed by atoms with van der Waals surface area (Å²) >= 11 is 0. The highest BCUT2D eigenvalue weighted by molar-refractivity contribution is 5.96. The number of benzene rings is 1. The lowest BCUT2D eigenvalue weighted by atomic mass is 10.1. The maximum Gasteiger partial charge on any atom is 0.337 e. The molecule has 0 heterocycles. The number of methoxy groups -OCH3 is 1. The highest BCUT2D eigenvalue weighted by atomic mass is 16.5. The van der Waals surface area contributed by atoms with Crippen LogP contribution in [0.3, 0.4) is 0 Å². The van der Waals surface area contributed by atoms with E-state index >= 15 is 0 Å². The van der Waals surface area contributed by atoms with Gasteiger partial charge in [-0.2, -0.15) is 0 Å². The second-order valence-electron chi connectivity index (χ2n) is 4.03. The molecule has 0 aliphatic heterocycles. The van der Waals surface area contributed by atoms with Gasteiger partial charge in [-0.15, -0.1) is 0 Å². The molecule has 0 radical (unpaired) electrons. The third-order valence-electron chi connectivity index (χ3n) is 2.63. The Hall–Kier alpha value is -1.84. The molecular weight excluding hydrogens is 230 g/mol. The maximum atomic E-state index is 11.7. The van der Waals surface area contributed by atoms with Crippen LogP contribution in [0.4, 0.5) is 0 Å². The summed E-state index contributed by atoms with van der Waals surface area (Å²) in [6, 6.07) is 6.43. The SMILES string of the molecule is CCCCCNC(=O)c1ccc(C(=O)OC)cc1. The fourth-order valence-corrected chi connectivity index (χ4v) is 1.55. The van der Waals surface area contributed by atoms with Crippen molar-refractivity contribution in [3.05, 3.63) is 35.4 Å². The van der Waals surface area contributed by atoms with Gasteiger partial charge in [0.05, 0.1) is 12.7 Å². The summed E-state index contributed by atoms with van der Waals surface area (Å²) in [5.41, 5.74) is 0.999. The van der Waals surface area contributed by atoms with Crippen molar-refractivity contribution in [2.45, 2.75) is 26.2 Å². The Bertz CT molecular complexity index is 398. The van der Waals surface area contributed by atoms with Crippen molar-refractivity contribution in [3.8, 4) is 0 Å². The molecule has 0 saturated carbocycles. The number of rotatable bonds is 6. The van der Waals surface area contributed by atoms with Crippen molar-refractivity contribution in [1.82, 2.24) is 5.32 Å². The molecule has 0 unspecified atom stereocenters. The fraction of sp³-hybridized carbons (Fsp3) is 0.429. The Morgan fingerprint density at radius 2 is 1.72 bits per heavy atom. The average Bonchev–Trinajstić information content (AvgIpc) is 2.42. The normalized spacial score (nSPS) is 9.89. The number of ether oxygens (including phenoxy) is 1. The van der Waals surface area contributed by atoms with Crippen molar-refractivity contribution in [3.63, 3.8) is 0 Å². The largest absolute Gasteiger partial charge is 0.465 e. The summed E-state index contributed by atoms with van der Waals surface area (Å²) in [6.07, 6.45) is 3.23. The number of nitrogens with one attached hydrogen (secondary N) is 1. The van der Waals surface area contributed by atoms with Gasteiger partial charge in [0.15, 0.2) is 0 Å². The number of hydrogen-bond acceptors (Lipinski definition) is 3. The Morgan fingerprint density at radius 3 is 2.28 bits per heavy atom. The van der Waals surface area contributed by atoms with Crippen LogP contribution < -0.4 is 5.32 Å². The molecule has 1 amide bonds. The molecule has 0 fully saturated rings. The first kappa shape index (κ1) is 14.2. The highest BCUT2D eigenvalue weighted by Crippen LogP contribution is 2.05. The van der Waals surface area contributed by atoms with E-state index in [9.17, 15) is 9.59 Å². The average molecular weight is 249 g/mol. The number of hydrogen-bond donors (Lipinski definition) is 1. The monoisotopic (exact) mass is 249 g/mol. The molecule has 0 aliphatic carbocycles. The summed E-state index contributed by atoms with van der Waals surface area (Å²) in [7, 11) is 1.33. The van der Waals surface area contributed by atoms with Crippen molar-refractivity contribution in [2.24, 2.45) is 0 Å². The van der Waals surface area contributed by atoms with Gasteiger partial charge in [0.2, 0.25) is 0 Å². The zero-order chi connectivity index (χ0) is 13.4. The number of esters is 1. The third kappa shape index (κ3) is 4.20. The van der Waals surface area contributed by atoms with E-state index < -0.39 is 5.97 Å². The minimum Gasteiger partial charge on any atom is -0.465 e. The van der Waals surface area contributed by atoms with Crippen molar-refractivity contribution < 1.29 is 14.3 Å². The molecule has 98 valence electrons. The van der Waals surface area contributed by atoms with E-state index in [-0.39, 0.29) is 5.91 Å². The van der Waals surface area contributed by atoms with Crippen LogP contribution in [0.5, 0.6) is 0 Å². The van der Waals surface area contributed by atoms with Crippen molar-refractivity contribution in [2.75, 3.05) is 13.7 Å². The number of amides is 1. The summed E-state index contributed by atoms with van der Waals surface area (Å²) in [4.78, 5) is 22.9. The van der Waals surface area contributed by atoms with E-state index in [0.29, 0.717) is 17.7 Å². The minimum absolute atomic E-state index is 0.109. The van der Waals surface area contributed by atoms with Gasteiger partial charge in [-0.25, -0.2) is 4.79 Å². The van der Waals surface area contributed by atoms with Crippen LogP contribution in [0.15, 0.2) is 24.3 Å². The zero-order valence-corrected chi connectivity index (χ0v) is 10.9. The molecule has 0 saturated heterocycles. The second-order valence-corrected chi connectivity index (χ2v) is 4.03. The molecule has 1 rings (SSSR count). The van der Waals surface area contributed by atoms with Crippen molar-refractivity contribution >= 4 is 11.9 Å². The molecular formula is C14H19NO3. The Morgan fingerprint density at radius 1 is 1.11 bits per heavy atom. The molecule has 1 aromatic carbocycles. The molecule has 0 aliphatic rings. The summed E-state index contributed by atoms with van der Waals surface area (Å²) in [6.45, 7) is 2.80. The first-order valence-electron chi connectivity index (χ1n) is 6.15.